The second kappa shape index (κ2) is 5.30. The van der Waals surface area contributed by atoms with Crippen LogP contribution in [0.15, 0.2) is 23.2 Å². The molecule has 0 bridgehead atoms. The molecule has 1 aromatic rings. The molecule has 122 valence electrons. The average molecular weight is 332 g/mol. The lowest BCUT2D eigenvalue weighted by Gasteiger charge is -2.52. The van der Waals surface area contributed by atoms with Gasteiger partial charge in [0.15, 0.2) is 0 Å². The average Bonchev–Trinajstić information content (AvgIpc) is 2.37. The number of nitrogens with two attached hydrogens (primary N) is 1. The minimum Gasteiger partial charge on any atom is -0.463 e. The molecule has 1 aliphatic rings. The van der Waals surface area contributed by atoms with Gasteiger partial charge in [0, 0.05) is 18.3 Å². The third-order valence-electron chi connectivity index (χ3n) is 3.39. The van der Waals surface area contributed by atoms with Crippen LogP contribution in [0.1, 0.15) is 12.5 Å². The largest absolute Gasteiger partial charge is 0.463 e. The van der Waals surface area contributed by atoms with Gasteiger partial charge in [0.05, 0.1) is 11.3 Å². The normalized spacial score (nSPS) is 27.3. The van der Waals surface area contributed by atoms with Gasteiger partial charge in [0.25, 0.3) is 0 Å². The van der Waals surface area contributed by atoms with Crippen molar-refractivity contribution in [2.24, 2.45) is 4.99 Å². The zero-order valence-electron chi connectivity index (χ0n) is 11.9. The van der Waals surface area contributed by atoms with Crippen molar-refractivity contribution in [3.63, 3.8) is 0 Å². The smallest absolute Gasteiger partial charge is 0.434 e. The van der Waals surface area contributed by atoms with Crippen LogP contribution in [-0.2, 0) is 5.54 Å². The van der Waals surface area contributed by atoms with Crippen LogP contribution in [0.25, 0.3) is 0 Å². The number of benzene rings is 1. The number of aliphatic imine (C=N–C) groups is 1. The first-order chi connectivity index (χ1) is 10.0. The number of nitrogens with zero attached hydrogens (tertiary/aromatic N) is 2. The van der Waals surface area contributed by atoms with Crippen LogP contribution in [0, 0.1) is 5.82 Å². The van der Waals surface area contributed by atoms with Crippen LogP contribution in [0.4, 0.5) is 14.9 Å². The Hall–Kier alpha value is -2.04. The number of carbonyl (C=O) groups is 1. The number of rotatable bonds is 1. The fourth-order valence-electron chi connectivity index (χ4n) is 2.28. The first-order valence-electron chi connectivity index (χ1n) is 6.20. The van der Waals surface area contributed by atoms with Crippen molar-refractivity contribution < 1.29 is 23.4 Å². The summed E-state index contributed by atoms with van der Waals surface area (Å²) in [5.41, 5.74) is 4.77. The lowest BCUT2D eigenvalue weighted by atomic mass is 9.93. The molecule has 0 radical (unpaired) electrons. The molecule has 1 amide bonds. The van der Waals surface area contributed by atoms with E-state index in [0.29, 0.717) is 5.69 Å². The third kappa shape index (κ3) is 2.93. The van der Waals surface area contributed by atoms with Gasteiger partial charge in [-0.15, -0.1) is 15.8 Å². The Kier molecular flexibility index (Phi) is 3.94. The van der Waals surface area contributed by atoms with Gasteiger partial charge in [0.2, 0.25) is 5.96 Å². The van der Waals surface area contributed by atoms with Crippen molar-refractivity contribution in [1.29, 1.82) is 0 Å². The number of hydrogen-bond donors (Lipinski definition) is 5. The number of nitrogen functional groups attached to an aromatic ring is 1. The zero-order valence-corrected chi connectivity index (χ0v) is 12.8. The molecule has 10 heteroatoms. The fourth-order valence-corrected chi connectivity index (χ4v) is 3.84. The van der Waals surface area contributed by atoms with Crippen LogP contribution >= 0.6 is 10.8 Å². The second-order valence-corrected chi connectivity index (χ2v) is 7.29. The molecule has 1 heterocycles. The number of amides is 1. The summed E-state index contributed by atoms with van der Waals surface area (Å²) in [6.45, 7) is 1.52. The summed E-state index contributed by atoms with van der Waals surface area (Å²) in [5.74, 6) is -1.13. The van der Waals surface area contributed by atoms with Crippen LogP contribution in [0.2, 0.25) is 0 Å². The van der Waals surface area contributed by atoms with Crippen LogP contribution in [0.5, 0.6) is 0 Å². The molecule has 1 saturated heterocycles. The number of guanidine groups is 1. The molecule has 22 heavy (non-hydrogen) atoms. The van der Waals surface area contributed by atoms with Gasteiger partial charge in [-0.1, -0.05) is 0 Å². The lowest BCUT2D eigenvalue weighted by Crippen LogP contribution is -2.59. The van der Waals surface area contributed by atoms with Gasteiger partial charge in [-0.2, -0.15) is 0 Å². The molecule has 1 fully saturated rings. The predicted octanol–water partition coefficient (Wildman–Crippen LogP) is 1.86. The number of hydrogen-bond acceptors (Lipinski definition) is 4. The summed E-state index contributed by atoms with van der Waals surface area (Å²) in [6, 6.07) is 3.90. The molecule has 1 atom stereocenters. The highest BCUT2D eigenvalue weighted by atomic mass is 32.3. The standard InChI is InChI=1S/C12H17FN4O4S/c1-12(8-5-7(14)3-4-9(8)13)6-22(20,21)17(2)10(16-12)15-11(18)19/h3-5,20-21H,6,14H2,1-2H3,(H,15,16)(H,18,19). The van der Waals surface area contributed by atoms with Gasteiger partial charge in [-0.25, -0.2) is 13.5 Å². The summed E-state index contributed by atoms with van der Waals surface area (Å²) in [7, 11) is -2.08. The van der Waals surface area contributed by atoms with E-state index in [1.807, 2.05) is 0 Å². The quantitative estimate of drug-likeness (QED) is 0.496. The Morgan fingerprint density at radius 3 is 2.77 bits per heavy atom. The lowest BCUT2D eigenvalue weighted by molar-refractivity contribution is 0.205. The second-order valence-electron chi connectivity index (χ2n) is 5.19. The maximum absolute atomic E-state index is 14.1. The van der Waals surface area contributed by atoms with E-state index in [0.717, 1.165) is 10.4 Å². The van der Waals surface area contributed by atoms with Crippen molar-refractivity contribution in [3.8, 4) is 0 Å². The van der Waals surface area contributed by atoms with E-state index in [1.165, 1.54) is 26.1 Å². The number of halogens is 1. The number of anilines is 1. The minimum absolute atomic E-state index is 0.0960. The van der Waals surface area contributed by atoms with E-state index in [2.05, 4.69) is 10.3 Å². The number of carboxylic acid groups (broad SMARTS) is 1. The minimum atomic E-state index is -3.37. The highest BCUT2D eigenvalue weighted by molar-refractivity contribution is 8.22. The van der Waals surface area contributed by atoms with Gasteiger partial charge in [-0.05, 0) is 25.1 Å². The molecule has 0 aliphatic carbocycles. The zero-order chi connectivity index (χ0) is 16.7. The predicted molar refractivity (Wildman–Crippen MR) is 82.2 cm³/mol. The SMILES string of the molecule is CN1/C(=N\C(=O)O)NC(C)(c2cc(N)ccc2F)CS1(O)O. The van der Waals surface area contributed by atoms with Crippen LogP contribution in [-0.4, -0.2) is 43.4 Å². The van der Waals surface area contributed by atoms with Gasteiger partial charge in [0.1, 0.15) is 5.82 Å². The molecule has 6 N–H and O–H groups in total. The van der Waals surface area contributed by atoms with E-state index >= 15 is 0 Å². The summed E-state index contributed by atoms with van der Waals surface area (Å²) in [5, 5.41) is 11.5. The van der Waals surface area contributed by atoms with Crippen LogP contribution in [0.3, 0.4) is 0 Å². The molecular formula is C12H17FN4O4S. The molecular weight excluding hydrogens is 315 g/mol. The Labute approximate surface area is 127 Å². The molecule has 0 aromatic heterocycles. The molecule has 0 saturated carbocycles. The van der Waals surface area contributed by atoms with E-state index in [-0.39, 0.29) is 17.3 Å². The van der Waals surface area contributed by atoms with Crippen molar-refractivity contribution in [3.05, 3.63) is 29.6 Å². The summed E-state index contributed by atoms with van der Waals surface area (Å²) in [6.07, 6.45) is -1.51. The van der Waals surface area contributed by atoms with E-state index in [1.54, 1.807) is 0 Å². The van der Waals surface area contributed by atoms with Gasteiger partial charge >= 0.3 is 6.09 Å². The molecule has 1 unspecified atom stereocenters. The Morgan fingerprint density at radius 1 is 1.55 bits per heavy atom. The first-order valence-corrected chi connectivity index (χ1v) is 7.87. The Balaban J connectivity index is 2.54. The van der Waals surface area contributed by atoms with Crippen molar-refractivity contribution in [1.82, 2.24) is 9.62 Å². The Bertz CT molecular complexity index is 654. The molecule has 1 aromatic carbocycles. The van der Waals surface area contributed by atoms with Crippen LogP contribution < -0.4 is 11.1 Å². The van der Waals surface area contributed by atoms with E-state index in [4.69, 9.17) is 10.8 Å². The van der Waals surface area contributed by atoms with E-state index < -0.39 is 28.2 Å². The molecule has 0 spiro atoms. The van der Waals surface area contributed by atoms with Crippen molar-refractivity contribution in [2.75, 3.05) is 18.5 Å². The van der Waals surface area contributed by atoms with Gasteiger partial charge in [-0.3, -0.25) is 9.11 Å². The molecule has 8 nitrogen and oxygen atoms in total. The Morgan fingerprint density at radius 2 is 2.18 bits per heavy atom. The van der Waals surface area contributed by atoms with Crippen molar-refractivity contribution >= 4 is 28.5 Å². The maximum Gasteiger partial charge on any atom is 0.434 e. The summed E-state index contributed by atoms with van der Waals surface area (Å²) in [4.78, 5) is 14.1. The molecule has 2 rings (SSSR count). The van der Waals surface area contributed by atoms with Crippen molar-refractivity contribution in [2.45, 2.75) is 12.5 Å². The summed E-state index contributed by atoms with van der Waals surface area (Å²) >= 11 is 0. The number of nitrogens with one attached hydrogen (secondary N) is 1. The topological polar surface area (TPSA) is 131 Å². The maximum atomic E-state index is 14.1. The monoisotopic (exact) mass is 332 g/mol. The highest BCUT2D eigenvalue weighted by Gasteiger charge is 2.44. The highest BCUT2D eigenvalue weighted by Crippen LogP contribution is 2.50. The molecule has 1 aliphatic heterocycles. The third-order valence-corrected chi connectivity index (χ3v) is 5.41. The van der Waals surface area contributed by atoms with Gasteiger partial charge < -0.3 is 16.2 Å². The van der Waals surface area contributed by atoms with E-state index in [9.17, 15) is 18.3 Å². The first kappa shape index (κ1) is 16.3. The summed E-state index contributed by atoms with van der Waals surface area (Å²) < 4.78 is 35.4. The fraction of sp³-hybridized carbons (Fsp3) is 0.333.